The highest BCUT2D eigenvalue weighted by Crippen LogP contribution is 2.26. The molecule has 116 valence electrons. The second-order valence-electron chi connectivity index (χ2n) is 5.90. The smallest absolute Gasteiger partial charge is 0.254 e. The number of hydrogen-bond acceptors (Lipinski definition) is 3. The highest BCUT2D eigenvalue weighted by Gasteiger charge is 2.49. The van der Waals surface area contributed by atoms with Crippen molar-refractivity contribution in [2.24, 2.45) is 0 Å². The van der Waals surface area contributed by atoms with Crippen molar-refractivity contribution >= 4 is 11.7 Å². The van der Waals surface area contributed by atoms with E-state index in [0.717, 1.165) is 12.8 Å². The van der Waals surface area contributed by atoms with Crippen molar-refractivity contribution in [1.29, 1.82) is 0 Å². The molecule has 0 radical (unpaired) electrons. The van der Waals surface area contributed by atoms with Crippen LogP contribution in [0.25, 0.3) is 0 Å². The second kappa shape index (κ2) is 9.11. The van der Waals surface area contributed by atoms with Gasteiger partial charge in [-0.05, 0) is 6.42 Å². The van der Waals surface area contributed by atoms with Gasteiger partial charge in [0.2, 0.25) is 0 Å². The summed E-state index contributed by atoms with van der Waals surface area (Å²) in [5.74, 6) is -0.00421. The van der Waals surface area contributed by atoms with Gasteiger partial charge in [-0.15, -0.1) is 0 Å². The summed E-state index contributed by atoms with van der Waals surface area (Å²) >= 11 is 0. The Labute approximate surface area is 122 Å². The molecular formula is C16H29NO3. The summed E-state index contributed by atoms with van der Waals surface area (Å²) in [5, 5.41) is 0. The van der Waals surface area contributed by atoms with Crippen LogP contribution in [0.4, 0.5) is 0 Å². The minimum Gasteiger partial charge on any atom is -0.351 e. The highest BCUT2D eigenvalue weighted by atomic mass is 16.6. The van der Waals surface area contributed by atoms with E-state index in [2.05, 4.69) is 6.92 Å². The summed E-state index contributed by atoms with van der Waals surface area (Å²) in [7, 11) is 3.37. The maximum atomic E-state index is 11.8. The Bertz CT molecular complexity index is 315. The predicted molar refractivity (Wildman–Crippen MR) is 79.6 cm³/mol. The molecule has 0 aliphatic carbocycles. The molecule has 0 saturated carbocycles. The van der Waals surface area contributed by atoms with Crippen molar-refractivity contribution in [2.45, 2.75) is 76.9 Å². The molecule has 0 N–H and O–H groups in total. The average molecular weight is 283 g/mol. The molecule has 1 amide bonds. The first-order chi connectivity index (χ1) is 9.57. The molecule has 1 saturated heterocycles. The fraction of sp³-hybridized carbons (Fsp3) is 0.875. The molecule has 4 heteroatoms. The summed E-state index contributed by atoms with van der Waals surface area (Å²) in [6.45, 7) is 2.22. The molecule has 1 rings (SSSR count). The molecule has 0 aromatic heterocycles. The van der Waals surface area contributed by atoms with Crippen molar-refractivity contribution in [2.75, 3.05) is 14.1 Å². The normalized spacial score (nSPS) is 20.8. The summed E-state index contributed by atoms with van der Waals surface area (Å²) in [6, 6.07) is 0. The topological polar surface area (TPSA) is 49.9 Å². The van der Waals surface area contributed by atoms with Crippen molar-refractivity contribution in [3.8, 4) is 0 Å². The van der Waals surface area contributed by atoms with Crippen molar-refractivity contribution in [3.63, 3.8) is 0 Å². The molecule has 0 aromatic carbocycles. The van der Waals surface area contributed by atoms with Crippen LogP contribution in [0.2, 0.25) is 0 Å². The number of likely N-dealkylation sites (N-methyl/N-ethyl adjacent to an activating group) is 1. The third kappa shape index (κ3) is 6.04. The number of carbonyl (C=O) groups excluding carboxylic acids is 2. The summed E-state index contributed by atoms with van der Waals surface area (Å²) < 4.78 is 5.18. The number of ketones is 1. The first-order valence-corrected chi connectivity index (χ1v) is 7.97. The lowest BCUT2D eigenvalue weighted by Crippen LogP contribution is -2.29. The third-order valence-corrected chi connectivity index (χ3v) is 3.77. The standard InChI is InChI=1S/C16H29NO3/c1-4-5-6-7-8-9-10-11-12-13(18)14-15(20-14)16(19)17(2)3/h14-15H,4-12H2,1-3H3. The summed E-state index contributed by atoms with van der Waals surface area (Å²) in [5.41, 5.74) is 0. The average Bonchev–Trinajstić information content (AvgIpc) is 3.21. The number of nitrogens with zero attached hydrogens (tertiary/aromatic N) is 1. The number of Topliss-reactive ketones (excluding diaryl/α,β-unsaturated/α-hetero) is 1. The van der Waals surface area contributed by atoms with Gasteiger partial charge in [-0.2, -0.15) is 0 Å². The fourth-order valence-electron chi connectivity index (χ4n) is 2.37. The van der Waals surface area contributed by atoms with E-state index in [1.807, 2.05) is 0 Å². The third-order valence-electron chi connectivity index (χ3n) is 3.77. The molecule has 20 heavy (non-hydrogen) atoms. The van der Waals surface area contributed by atoms with Crippen LogP contribution in [0.15, 0.2) is 0 Å². The van der Waals surface area contributed by atoms with Gasteiger partial charge in [-0.3, -0.25) is 9.59 Å². The van der Waals surface area contributed by atoms with Gasteiger partial charge in [0.05, 0.1) is 0 Å². The zero-order valence-electron chi connectivity index (χ0n) is 13.2. The van der Waals surface area contributed by atoms with Crippen LogP contribution in [0.5, 0.6) is 0 Å². The highest BCUT2D eigenvalue weighted by molar-refractivity contribution is 5.95. The van der Waals surface area contributed by atoms with Crippen LogP contribution in [0.3, 0.4) is 0 Å². The molecular weight excluding hydrogens is 254 g/mol. The quantitative estimate of drug-likeness (QED) is 0.433. The number of ether oxygens (including phenoxy) is 1. The lowest BCUT2D eigenvalue weighted by molar-refractivity contribution is -0.130. The van der Waals surface area contributed by atoms with Crippen molar-refractivity contribution < 1.29 is 14.3 Å². The van der Waals surface area contributed by atoms with Gasteiger partial charge in [0.15, 0.2) is 18.0 Å². The maximum absolute atomic E-state index is 11.8. The molecule has 1 aliphatic rings. The van der Waals surface area contributed by atoms with Crippen LogP contribution in [0.1, 0.15) is 64.7 Å². The molecule has 1 aliphatic heterocycles. The van der Waals surface area contributed by atoms with Crippen LogP contribution in [-0.4, -0.2) is 42.9 Å². The minimum absolute atomic E-state index is 0.0937. The SMILES string of the molecule is CCCCCCCCCCC(=O)C1OC1C(=O)N(C)C. The Hall–Kier alpha value is -0.900. The van der Waals surface area contributed by atoms with E-state index in [1.54, 1.807) is 14.1 Å². The lowest BCUT2D eigenvalue weighted by Gasteiger charge is -2.06. The van der Waals surface area contributed by atoms with E-state index < -0.39 is 12.2 Å². The van der Waals surface area contributed by atoms with Gasteiger partial charge in [0.1, 0.15) is 0 Å². The molecule has 4 nitrogen and oxygen atoms in total. The number of unbranched alkanes of at least 4 members (excludes halogenated alkanes) is 7. The number of hydrogen-bond donors (Lipinski definition) is 0. The monoisotopic (exact) mass is 283 g/mol. The Kier molecular flexibility index (Phi) is 7.82. The Morgan fingerprint density at radius 2 is 1.45 bits per heavy atom. The number of carbonyl (C=O) groups is 2. The Morgan fingerprint density at radius 1 is 0.900 bits per heavy atom. The van der Waals surface area contributed by atoms with Crippen LogP contribution in [-0.2, 0) is 14.3 Å². The van der Waals surface area contributed by atoms with Crippen LogP contribution >= 0.6 is 0 Å². The molecule has 1 fully saturated rings. The van der Waals surface area contributed by atoms with E-state index in [9.17, 15) is 9.59 Å². The predicted octanol–water partition coefficient (Wildman–Crippen LogP) is 2.94. The van der Waals surface area contributed by atoms with E-state index in [4.69, 9.17) is 4.74 Å². The van der Waals surface area contributed by atoms with E-state index in [0.29, 0.717) is 6.42 Å². The first kappa shape index (κ1) is 17.2. The molecule has 0 bridgehead atoms. The van der Waals surface area contributed by atoms with Gasteiger partial charge in [-0.1, -0.05) is 51.9 Å². The Balaban J connectivity index is 1.98. The van der Waals surface area contributed by atoms with Gasteiger partial charge >= 0.3 is 0 Å². The zero-order valence-corrected chi connectivity index (χ0v) is 13.2. The second-order valence-corrected chi connectivity index (χ2v) is 5.90. The molecule has 0 spiro atoms. The van der Waals surface area contributed by atoms with Gasteiger partial charge in [-0.25, -0.2) is 0 Å². The van der Waals surface area contributed by atoms with E-state index in [-0.39, 0.29) is 11.7 Å². The zero-order chi connectivity index (χ0) is 15.0. The lowest BCUT2D eigenvalue weighted by atomic mass is 10.0. The molecule has 0 aromatic rings. The van der Waals surface area contributed by atoms with E-state index >= 15 is 0 Å². The van der Waals surface area contributed by atoms with Gasteiger partial charge in [0, 0.05) is 20.5 Å². The Morgan fingerprint density at radius 3 is 2.00 bits per heavy atom. The first-order valence-electron chi connectivity index (χ1n) is 7.97. The van der Waals surface area contributed by atoms with Crippen molar-refractivity contribution in [1.82, 2.24) is 4.90 Å². The number of epoxide rings is 1. The maximum Gasteiger partial charge on any atom is 0.254 e. The molecule has 2 unspecified atom stereocenters. The van der Waals surface area contributed by atoms with Crippen LogP contribution < -0.4 is 0 Å². The summed E-state index contributed by atoms with van der Waals surface area (Å²) in [4.78, 5) is 24.9. The minimum atomic E-state index is -0.508. The summed E-state index contributed by atoms with van der Waals surface area (Å²) in [6.07, 6.45) is 9.36. The fourth-order valence-corrected chi connectivity index (χ4v) is 2.37. The largest absolute Gasteiger partial charge is 0.351 e. The van der Waals surface area contributed by atoms with Gasteiger partial charge < -0.3 is 9.64 Å². The van der Waals surface area contributed by atoms with Crippen LogP contribution in [0, 0.1) is 0 Å². The number of amides is 1. The van der Waals surface area contributed by atoms with Crippen molar-refractivity contribution in [3.05, 3.63) is 0 Å². The number of rotatable bonds is 11. The molecule has 2 atom stereocenters. The molecule has 1 heterocycles. The van der Waals surface area contributed by atoms with E-state index in [1.165, 1.54) is 43.4 Å². The van der Waals surface area contributed by atoms with Gasteiger partial charge in [0.25, 0.3) is 5.91 Å².